The predicted octanol–water partition coefficient (Wildman–Crippen LogP) is 5.31. The van der Waals surface area contributed by atoms with Crippen molar-refractivity contribution < 1.29 is 23.5 Å². The van der Waals surface area contributed by atoms with Crippen LogP contribution < -0.4 is 18.9 Å². The van der Waals surface area contributed by atoms with Gasteiger partial charge in [-0.1, -0.05) is 18.5 Å². The second-order valence-corrected chi connectivity index (χ2v) is 6.24. The van der Waals surface area contributed by atoms with Gasteiger partial charge < -0.3 is 23.5 Å². The van der Waals surface area contributed by atoms with Crippen molar-refractivity contribution in [3.63, 3.8) is 0 Å². The van der Waals surface area contributed by atoms with Gasteiger partial charge in [-0.25, -0.2) is 0 Å². The molecule has 140 valence electrons. The van der Waals surface area contributed by atoms with Crippen LogP contribution in [0.4, 0.5) is 0 Å². The summed E-state index contributed by atoms with van der Waals surface area (Å²) in [5.41, 5.74) is 3.23. The summed E-state index contributed by atoms with van der Waals surface area (Å²) >= 11 is 0. The number of nitrogens with zero attached hydrogens (tertiary/aromatic N) is 1. The van der Waals surface area contributed by atoms with Crippen molar-refractivity contribution in [3.05, 3.63) is 36.6 Å². The summed E-state index contributed by atoms with van der Waals surface area (Å²) < 4.78 is 28.2. The van der Waals surface area contributed by atoms with E-state index in [2.05, 4.69) is 12.1 Å². The minimum Gasteiger partial charge on any atom is -0.493 e. The van der Waals surface area contributed by atoms with E-state index in [-0.39, 0.29) is 0 Å². The van der Waals surface area contributed by atoms with E-state index in [0.717, 1.165) is 35.3 Å². The molecule has 0 radical (unpaired) electrons. The first-order valence-electron chi connectivity index (χ1n) is 8.91. The van der Waals surface area contributed by atoms with Crippen molar-refractivity contribution in [1.82, 2.24) is 5.16 Å². The Morgan fingerprint density at radius 3 is 2.48 bits per heavy atom. The fraction of sp³-hybridized carbons (Fsp3) is 0.286. The number of methoxy groups -OCH3 is 2. The predicted molar refractivity (Wildman–Crippen MR) is 101 cm³/mol. The Morgan fingerprint density at radius 1 is 0.926 bits per heavy atom. The van der Waals surface area contributed by atoms with Crippen molar-refractivity contribution in [2.75, 3.05) is 20.8 Å². The molecule has 6 heteroatoms. The first-order valence-corrected chi connectivity index (χ1v) is 8.91. The van der Waals surface area contributed by atoms with E-state index < -0.39 is 0 Å². The third kappa shape index (κ3) is 3.07. The Balaban J connectivity index is 1.83. The van der Waals surface area contributed by atoms with Crippen LogP contribution in [0.3, 0.4) is 0 Å². The average Bonchev–Trinajstić information content (AvgIpc) is 3.13. The number of fused-ring (bicyclic) bond motifs is 5. The lowest BCUT2D eigenvalue weighted by Gasteiger charge is -2.14. The Hall–Kier alpha value is -3.15. The monoisotopic (exact) mass is 367 g/mol. The Bertz CT molecular complexity index is 963. The standard InChI is InChI=1S/C21H21NO5/c1-4-5-8-25-13-6-7-14-16-12-26-22-21(16)15-10-19(23-2)20(24-3)11-18(15)27-17(14)9-13/h6-7,9-12H,4-5,8H2,1-3H3. The molecule has 0 fully saturated rings. The third-order valence-corrected chi connectivity index (χ3v) is 4.54. The number of ether oxygens (including phenoxy) is 4. The maximum atomic E-state index is 6.23. The number of hydrogen-bond acceptors (Lipinski definition) is 6. The largest absolute Gasteiger partial charge is 0.493 e. The van der Waals surface area contributed by atoms with Crippen LogP contribution in [0, 0.1) is 0 Å². The molecule has 2 aromatic carbocycles. The summed E-state index contributed by atoms with van der Waals surface area (Å²) in [4.78, 5) is 0. The molecule has 1 aliphatic heterocycles. The second-order valence-electron chi connectivity index (χ2n) is 6.24. The van der Waals surface area contributed by atoms with Crippen LogP contribution in [-0.2, 0) is 0 Å². The topological polar surface area (TPSA) is 63.0 Å². The molecular formula is C21H21NO5. The zero-order valence-electron chi connectivity index (χ0n) is 15.6. The lowest BCUT2D eigenvalue weighted by Crippen LogP contribution is -1.97. The Kier molecular flexibility index (Phi) is 4.62. The average molecular weight is 367 g/mol. The highest BCUT2D eigenvalue weighted by Gasteiger charge is 2.26. The molecule has 4 rings (SSSR count). The van der Waals surface area contributed by atoms with Crippen LogP contribution in [0.1, 0.15) is 19.8 Å². The quantitative estimate of drug-likeness (QED) is 0.430. The highest BCUT2D eigenvalue weighted by molar-refractivity contribution is 5.89. The molecule has 0 aliphatic carbocycles. The highest BCUT2D eigenvalue weighted by atomic mass is 16.5. The summed E-state index contributed by atoms with van der Waals surface area (Å²) in [5, 5.41) is 4.19. The first-order chi connectivity index (χ1) is 13.2. The van der Waals surface area contributed by atoms with E-state index in [1.54, 1.807) is 26.5 Å². The summed E-state index contributed by atoms with van der Waals surface area (Å²) in [7, 11) is 3.19. The van der Waals surface area contributed by atoms with Crippen molar-refractivity contribution in [2.45, 2.75) is 19.8 Å². The lowest BCUT2D eigenvalue weighted by atomic mass is 10.0. The number of rotatable bonds is 6. The number of benzene rings is 2. The molecule has 27 heavy (non-hydrogen) atoms. The van der Waals surface area contributed by atoms with Crippen LogP contribution in [0.25, 0.3) is 22.4 Å². The smallest absolute Gasteiger partial charge is 0.164 e. The minimum atomic E-state index is 0.583. The van der Waals surface area contributed by atoms with Crippen molar-refractivity contribution >= 4 is 0 Å². The van der Waals surface area contributed by atoms with Crippen molar-refractivity contribution in [3.8, 4) is 51.1 Å². The normalized spacial score (nSPS) is 11.5. The van der Waals surface area contributed by atoms with Crippen LogP contribution in [-0.4, -0.2) is 26.0 Å². The summed E-state index contributed by atoms with van der Waals surface area (Å²) in [6.07, 6.45) is 3.72. The SMILES string of the molecule is CCCCOc1ccc2c(c1)Oc1cc(OC)c(OC)cc1-c1nocc1-2. The van der Waals surface area contributed by atoms with E-state index in [0.29, 0.717) is 35.3 Å². The van der Waals surface area contributed by atoms with Crippen molar-refractivity contribution in [1.29, 1.82) is 0 Å². The van der Waals surface area contributed by atoms with Crippen molar-refractivity contribution in [2.24, 2.45) is 0 Å². The molecule has 3 aromatic rings. The fourth-order valence-corrected chi connectivity index (χ4v) is 3.10. The molecule has 0 unspecified atom stereocenters. The molecule has 0 amide bonds. The Labute approximate surface area is 157 Å². The van der Waals surface area contributed by atoms with E-state index >= 15 is 0 Å². The van der Waals surface area contributed by atoms with Crippen LogP contribution in [0.15, 0.2) is 41.1 Å². The summed E-state index contributed by atoms with van der Waals surface area (Å²) in [5.74, 6) is 3.25. The number of hydrogen-bond donors (Lipinski definition) is 0. The van der Waals surface area contributed by atoms with Crippen LogP contribution in [0.2, 0.25) is 0 Å². The minimum absolute atomic E-state index is 0.583. The van der Waals surface area contributed by atoms with E-state index in [1.165, 1.54) is 0 Å². The van der Waals surface area contributed by atoms with Gasteiger partial charge in [0.1, 0.15) is 29.2 Å². The maximum absolute atomic E-state index is 6.23. The van der Waals surface area contributed by atoms with Gasteiger partial charge in [0.05, 0.1) is 32.0 Å². The molecule has 0 saturated carbocycles. The van der Waals surface area contributed by atoms with Gasteiger partial charge in [0.25, 0.3) is 0 Å². The summed E-state index contributed by atoms with van der Waals surface area (Å²) in [6, 6.07) is 9.44. The molecule has 0 atom stereocenters. The van der Waals surface area contributed by atoms with Gasteiger partial charge in [-0.3, -0.25) is 0 Å². The van der Waals surface area contributed by atoms with Gasteiger partial charge in [-0.15, -0.1) is 0 Å². The van der Waals surface area contributed by atoms with Gasteiger partial charge >= 0.3 is 0 Å². The lowest BCUT2D eigenvalue weighted by molar-refractivity contribution is 0.308. The molecule has 0 spiro atoms. The molecule has 0 N–H and O–H groups in total. The second kappa shape index (κ2) is 7.23. The highest BCUT2D eigenvalue weighted by Crippen LogP contribution is 2.50. The van der Waals surface area contributed by atoms with E-state index in [4.69, 9.17) is 23.5 Å². The van der Waals surface area contributed by atoms with Gasteiger partial charge in [0.15, 0.2) is 11.5 Å². The zero-order valence-corrected chi connectivity index (χ0v) is 15.6. The molecule has 1 aliphatic rings. The van der Waals surface area contributed by atoms with Gasteiger partial charge in [-0.05, 0) is 24.6 Å². The Morgan fingerprint density at radius 2 is 1.70 bits per heavy atom. The summed E-state index contributed by atoms with van der Waals surface area (Å²) in [6.45, 7) is 2.81. The van der Waals surface area contributed by atoms with Crippen LogP contribution in [0.5, 0.6) is 28.7 Å². The number of aromatic nitrogens is 1. The van der Waals surface area contributed by atoms with Gasteiger partial charge in [0, 0.05) is 17.7 Å². The molecule has 0 saturated heterocycles. The van der Waals surface area contributed by atoms with Gasteiger partial charge in [0.2, 0.25) is 0 Å². The molecule has 1 aromatic heterocycles. The van der Waals surface area contributed by atoms with E-state index in [9.17, 15) is 0 Å². The molecule has 2 heterocycles. The van der Waals surface area contributed by atoms with E-state index in [1.807, 2.05) is 24.3 Å². The maximum Gasteiger partial charge on any atom is 0.164 e. The molecule has 0 bridgehead atoms. The van der Waals surface area contributed by atoms with Gasteiger partial charge in [-0.2, -0.15) is 0 Å². The molecule has 6 nitrogen and oxygen atoms in total. The zero-order chi connectivity index (χ0) is 18.8. The molecular weight excluding hydrogens is 346 g/mol. The number of unbranched alkanes of at least 4 members (excludes halogenated alkanes) is 1. The van der Waals surface area contributed by atoms with Crippen LogP contribution >= 0.6 is 0 Å². The third-order valence-electron chi connectivity index (χ3n) is 4.54. The first kappa shape index (κ1) is 17.3. The fourth-order valence-electron chi connectivity index (χ4n) is 3.10.